The van der Waals surface area contributed by atoms with E-state index in [0.29, 0.717) is 32.4 Å². The number of aliphatic hydroxyl groups is 3. The van der Waals surface area contributed by atoms with Crippen LogP contribution in [-0.2, 0) is 28.8 Å². The van der Waals surface area contributed by atoms with Gasteiger partial charge in [-0.05, 0) is 65.5 Å². The van der Waals surface area contributed by atoms with E-state index in [1.165, 1.54) is 84.5 Å². The Labute approximate surface area is 356 Å². The van der Waals surface area contributed by atoms with Crippen LogP contribution >= 0.6 is 0 Å². The minimum atomic E-state index is -1.18. The molecule has 60 heavy (non-hydrogen) atoms. The molecule has 7 unspecified atom stereocenters. The molecule has 1 amide bonds. The van der Waals surface area contributed by atoms with Crippen molar-refractivity contribution in [3.05, 3.63) is 0 Å². The van der Waals surface area contributed by atoms with Crippen molar-refractivity contribution in [2.24, 2.45) is 34.4 Å². The number of aliphatic carboxylic acids is 5. The lowest BCUT2D eigenvalue weighted by molar-refractivity contribution is -0.142. The van der Waals surface area contributed by atoms with Crippen molar-refractivity contribution in [1.29, 1.82) is 0 Å². The van der Waals surface area contributed by atoms with Gasteiger partial charge < -0.3 is 80.6 Å². The fourth-order valence-electron chi connectivity index (χ4n) is 4.44. The number of aliphatic hydroxyl groups excluding tert-OH is 3. The molecule has 0 aliphatic carbocycles. The summed E-state index contributed by atoms with van der Waals surface area (Å²) < 4.78 is 0. The number of carboxylic acid groups (broad SMARTS) is 5. The predicted octanol–water partition coefficient (Wildman–Crippen LogP) is 0.642. The summed E-state index contributed by atoms with van der Waals surface area (Å²) in [5.41, 5.74) is 30.4. The summed E-state index contributed by atoms with van der Waals surface area (Å²) in [6, 6.07) is -4.93. The van der Waals surface area contributed by atoms with Crippen LogP contribution < -0.4 is 39.7 Å². The van der Waals surface area contributed by atoms with Crippen molar-refractivity contribution in [2.75, 3.05) is 19.7 Å². The first-order valence-corrected chi connectivity index (χ1v) is 20.9. The maximum atomic E-state index is 11.9. The van der Waals surface area contributed by atoms with Crippen molar-refractivity contribution in [1.82, 2.24) is 5.32 Å². The minimum absolute atomic E-state index is 0.141. The molecule has 0 spiro atoms. The summed E-state index contributed by atoms with van der Waals surface area (Å²) in [5.74, 6) is -5.57. The average molecular weight is 874 g/mol. The van der Waals surface area contributed by atoms with Gasteiger partial charge in [0.1, 0.15) is 30.2 Å². The van der Waals surface area contributed by atoms with E-state index >= 15 is 0 Å². The summed E-state index contributed by atoms with van der Waals surface area (Å²) in [6.07, 6.45) is 19.1. The smallest absolute Gasteiger partial charge is 0.326 e. The Balaban J connectivity index is -0.000000248. The van der Waals surface area contributed by atoms with Gasteiger partial charge >= 0.3 is 29.8 Å². The minimum Gasteiger partial charge on any atom is -0.480 e. The van der Waals surface area contributed by atoms with Gasteiger partial charge in [-0.25, -0.2) is 4.79 Å². The molecule has 0 heterocycles. The van der Waals surface area contributed by atoms with E-state index in [4.69, 9.17) is 75.3 Å². The van der Waals surface area contributed by atoms with Crippen molar-refractivity contribution in [3.63, 3.8) is 0 Å². The molecule has 0 aromatic carbocycles. The van der Waals surface area contributed by atoms with Gasteiger partial charge in [-0.15, -0.1) is 0 Å². The van der Waals surface area contributed by atoms with Crippen LogP contribution in [0.5, 0.6) is 0 Å². The number of hydrogen-bond donors (Lipinski definition) is 15. The maximum Gasteiger partial charge on any atom is 0.326 e. The molecule has 21 heteroatoms. The molecule has 0 saturated carbocycles. The summed E-state index contributed by atoms with van der Waals surface area (Å²) in [7, 11) is 0. The fraction of sp³-hybridized carbons (Fsp3) is 0.846. The van der Waals surface area contributed by atoms with Crippen LogP contribution in [0.1, 0.15) is 149 Å². The van der Waals surface area contributed by atoms with Gasteiger partial charge in [0, 0.05) is 6.42 Å². The molecule has 21 nitrogen and oxygen atoms in total. The van der Waals surface area contributed by atoms with E-state index in [-0.39, 0.29) is 5.91 Å². The molecule has 0 aromatic heterocycles. The van der Waals surface area contributed by atoms with E-state index in [1.54, 1.807) is 0 Å². The van der Waals surface area contributed by atoms with Crippen LogP contribution in [0.25, 0.3) is 0 Å². The van der Waals surface area contributed by atoms with Gasteiger partial charge in [-0.3, -0.25) is 24.0 Å². The van der Waals surface area contributed by atoms with E-state index in [1.807, 2.05) is 0 Å². The number of carboxylic acids is 5. The number of nitrogens with one attached hydrogen (secondary N) is 1. The van der Waals surface area contributed by atoms with Crippen LogP contribution in [0.3, 0.4) is 0 Å². The second kappa shape index (κ2) is 46.5. The van der Waals surface area contributed by atoms with Gasteiger partial charge in [0.05, 0.1) is 18.8 Å². The maximum absolute atomic E-state index is 11.9. The number of carbonyl (C=O) groups is 6. The normalized spacial score (nSPS) is 13.8. The Kier molecular flexibility index (Phi) is 50.9. The monoisotopic (exact) mass is 874 g/mol. The van der Waals surface area contributed by atoms with E-state index < -0.39 is 78.9 Å². The van der Waals surface area contributed by atoms with Gasteiger partial charge in [-0.2, -0.15) is 0 Å². The number of amides is 1. The molecule has 0 fully saturated rings. The summed E-state index contributed by atoms with van der Waals surface area (Å²) in [5, 5.41) is 69.1. The average Bonchev–Trinajstić information content (AvgIpc) is 3.19. The molecule has 358 valence electrons. The third kappa shape index (κ3) is 50.6. The lowest BCUT2D eigenvalue weighted by Crippen LogP contribution is -2.40. The molecule has 0 rings (SSSR count). The second-order valence-corrected chi connectivity index (χ2v) is 14.3. The molecular weight excluding hydrogens is 790 g/mol. The molecule has 0 aromatic rings. The molecule has 0 bridgehead atoms. The second-order valence-electron chi connectivity index (χ2n) is 14.3. The zero-order chi connectivity index (χ0) is 47.5. The lowest BCUT2D eigenvalue weighted by Gasteiger charge is -2.14. The summed E-state index contributed by atoms with van der Waals surface area (Å²) in [6.45, 7) is 5.57. The van der Waals surface area contributed by atoms with E-state index in [2.05, 4.69) is 12.2 Å². The highest BCUT2D eigenvalue weighted by atomic mass is 16.4. The van der Waals surface area contributed by atoms with Gasteiger partial charge in [0.15, 0.2) is 0 Å². The van der Waals surface area contributed by atoms with Crippen LogP contribution in [0, 0.1) is 0 Å². The quantitative estimate of drug-likeness (QED) is 0.0425. The fourth-order valence-corrected chi connectivity index (χ4v) is 4.44. The van der Waals surface area contributed by atoms with Crippen LogP contribution in [0.4, 0.5) is 0 Å². The Bertz CT molecular complexity index is 1050. The number of hydrogen-bond acceptors (Lipinski definition) is 15. The van der Waals surface area contributed by atoms with E-state index in [9.17, 15) is 28.8 Å². The Morgan fingerprint density at radius 2 is 0.833 bits per heavy atom. The molecule has 0 radical (unpaired) electrons. The number of nitrogens with two attached hydrogens (primary N) is 6. The lowest BCUT2D eigenvalue weighted by atomic mass is 10.0. The highest BCUT2D eigenvalue weighted by molar-refractivity contribution is 5.83. The van der Waals surface area contributed by atoms with Crippen molar-refractivity contribution >= 4 is 35.8 Å². The van der Waals surface area contributed by atoms with Gasteiger partial charge in [-0.1, -0.05) is 90.4 Å². The SMILES string of the molecule is CC(O)C(N)C(=O)O.CC(O)C(N)C(=O)O.CCCCCCCCCCCCCCCC(=O)NC(CCCCN)C(=O)O.NC(CO)C(=O)O.NCCCCC(N)C(=O)O. The molecule has 0 saturated heterocycles. The highest BCUT2D eigenvalue weighted by Crippen LogP contribution is 2.13. The van der Waals surface area contributed by atoms with Crippen molar-refractivity contribution < 1.29 is 69.6 Å². The molecule has 7 atom stereocenters. The Morgan fingerprint density at radius 1 is 0.483 bits per heavy atom. The number of carbonyl (C=O) groups excluding carboxylic acids is 1. The third-order valence-electron chi connectivity index (χ3n) is 8.50. The van der Waals surface area contributed by atoms with E-state index in [0.717, 1.165) is 38.5 Å². The number of rotatable bonds is 31. The Morgan fingerprint density at radius 3 is 1.08 bits per heavy atom. The highest BCUT2D eigenvalue weighted by Gasteiger charge is 2.19. The topological polar surface area (TPSA) is 432 Å². The van der Waals surface area contributed by atoms with Gasteiger partial charge in [0.2, 0.25) is 5.91 Å². The zero-order valence-corrected chi connectivity index (χ0v) is 36.3. The summed E-state index contributed by atoms with van der Waals surface area (Å²) in [4.78, 5) is 62.6. The summed E-state index contributed by atoms with van der Waals surface area (Å²) >= 11 is 0. The first-order valence-electron chi connectivity index (χ1n) is 20.9. The number of unbranched alkanes of at least 4 members (excludes halogenated alkanes) is 14. The van der Waals surface area contributed by atoms with Crippen molar-refractivity contribution in [2.45, 2.75) is 192 Å². The first kappa shape index (κ1) is 65.6. The molecule has 0 aliphatic heterocycles. The molecular formula is C39H83N7O14. The van der Waals surface area contributed by atoms with Crippen LogP contribution in [0.2, 0.25) is 0 Å². The van der Waals surface area contributed by atoms with Crippen LogP contribution in [-0.4, -0.2) is 139 Å². The molecule has 21 N–H and O–H groups in total. The largest absolute Gasteiger partial charge is 0.480 e. The third-order valence-corrected chi connectivity index (χ3v) is 8.50. The standard InChI is InChI=1S/C22H44N2O3.C6H14N2O2.2C4H9NO3.C3H7NO3/c1-2-3-4-5-6-7-8-9-10-11-12-13-14-18-21(25)24-20(22(26)27)17-15-16-19-23;7-4-2-1-3-5(8)6(9)10;2*1-2(6)3(5)4(7)8;4-2(1-5)3(6)7/h20H,2-19,23H2,1H3,(H,24,25)(H,26,27);5H,1-4,7-8H2,(H,9,10);2*2-3,6H,5H2,1H3,(H,7,8);2,5H,1,4H2,(H,6,7). The van der Waals surface area contributed by atoms with Crippen LogP contribution in [0.15, 0.2) is 0 Å². The zero-order valence-electron chi connectivity index (χ0n) is 36.3. The Hall–Kier alpha value is -3.54. The first-order chi connectivity index (χ1) is 28.1. The molecule has 0 aliphatic rings. The predicted molar refractivity (Wildman–Crippen MR) is 229 cm³/mol. The van der Waals surface area contributed by atoms with Gasteiger partial charge in [0.25, 0.3) is 0 Å². The van der Waals surface area contributed by atoms with Crippen molar-refractivity contribution in [3.8, 4) is 0 Å².